The molecule has 3 aromatic carbocycles. The van der Waals surface area contributed by atoms with E-state index in [0.29, 0.717) is 17.0 Å². The molecule has 4 nitrogen and oxygen atoms in total. The third-order valence-electron chi connectivity index (χ3n) is 4.22. The number of furan rings is 1. The molecule has 0 radical (unpaired) electrons. The molecule has 0 unspecified atom stereocenters. The number of nitrogens with one attached hydrogen (secondary N) is 2. The molecule has 1 heterocycles. The van der Waals surface area contributed by atoms with Crippen molar-refractivity contribution in [3.63, 3.8) is 0 Å². The molecule has 4 rings (SSSR count). The number of halogens is 3. The van der Waals surface area contributed by atoms with Gasteiger partial charge >= 0.3 is 6.18 Å². The van der Waals surface area contributed by atoms with Crippen molar-refractivity contribution >= 4 is 40.2 Å². The first kappa shape index (κ1) is 19.9. The van der Waals surface area contributed by atoms with Crippen LogP contribution in [0.25, 0.3) is 11.0 Å². The molecule has 0 saturated carbocycles. The smallest absolute Gasteiger partial charge is 0.416 e. The van der Waals surface area contributed by atoms with Crippen LogP contribution in [-0.4, -0.2) is 5.91 Å². The first-order valence-corrected chi connectivity index (χ1v) is 9.70. The highest BCUT2D eigenvalue weighted by atomic mass is 32.2. The van der Waals surface area contributed by atoms with Crippen LogP contribution in [0, 0.1) is 0 Å². The normalized spacial score (nSPS) is 11.4. The van der Waals surface area contributed by atoms with Gasteiger partial charge in [0.2, 0.25) is 0 Å². The number of carbonyl (C=O) groups excluding carboxylic acids is 1. The van der Waals surface area contributed by atoms with Crippen LogP contribution in [0.4, 0.5) is 24.5 Å². The van der Waals surface area contributed by atoms with Gasteiger partial charge in [-0.05, 0) is 60.5 Å². The van der Waals surface area contributed by atoms with Crippen LogP contribution >= 0.6 is 11.9 Å². The summed E-state index contributed by atoms with van der Waals surface area (Å²) in [6.07, 6.45) is -4.40. The van der Waals surface area contributed by atoms with Crippen LogP contribution in [0.1, 0.15) is 16.1 Å². The standard InChI is InChI=1S/C22H15F3N2O2S/c23-22(24,25)15-6-3-8-17(12-15)27-30-18-9-4-7-16(13-18)26-21(28)20-11-14-5-1-2-10-19(14)29-20/h1-13,27H,(H,26,28). The van der Waals surface area contributed by atoms with E-state index in [1.54, 1.807) is 42.5 Å². The van der Waals surface area contributed by atoms with E-state index in [9.17, 15) is 18.0 Å². The Labute approximate surface area is 174 Å². The number of para-hydroxylation sites is 1. The van der Waals surface area contributed by atoms with Crippen molar-refractivity contribution in [1.29, 1.82) is 0 Å². The number of fused-ring (bicyclic) bond motifs is 1. The van der Waals surface area contributed by atoms with Gasteiger partial charge in [-0.15, -0.1) is 0 Å². The Bertz CT molecular complexity index is 1170. The quantitative estimate of drug-likeness (QED) is 0.342. The molecule has 152 valence electrons. The van der Waals surface area contributed by atoms with E-state index in [2.05, 4.69) is 10.0 Å². The van der Waals surface area contributed by atoms with Crippen LogP contribution in [-0.2, 0) is 6.18 Å². The van der Waals surface area contributed by atoms with E-state index >= 15 is 0 Å². The number of amides is 1. The minimum atomic E-state index is -4.40. The van der Waals surface area contributed by atoms with Gasteiger partial charge in [0.1, 0.15) is 5.58 Å². The van der Waals surface area contributed by atoms with E-state index < -0.39 is 11.7 Å². The van der Waals surface area contributed by atoms with Gasteiger partial charge in [-0.1, -0.05) is 30.3 Å². The molecule has 0 atom stereocenters. The molecule has 2 N–H and O–H groups in total. The van der Waals surface area contributed by atoms with Crippen LogP contribution in [0.5, 0.6) is 0 Å². The lowest BCUT2D eigenvalue weighted by Gasteiger charge is -2.10. The predicted octanol–water partition coefficient (Wildman–Crippen LogP) is 6.82. The third kappa shape index (κ3) is 4.60. The number of hydrogen-bond acceptors (Lipinski definition) is 4. The van der Waals surface area contributed by atoms with Gasteiger partial charge in [-0.3, -0.25) is 4.79 Å². The van der Waals surface area contributed by atoms with E-state index in [1.807, 2.05) is 18.2 Å². The summed E-state index contributed by atoms with van der Waals surface area (Å²) in [6.45, 7) is 0. The van der Waals surface area contributed by atoms with E-state index in [0.717, 1.165) is 34.4 Å². The van der Waals surface area contributed by atoms with E-state index in [-0.39, 0.29) is 11.7 Å². The summed E-state index contributed by atoms with van der Waals surface area (Å²) in [5.74, 6) is -0.199. The number of benzene rings is 3. The molecule has 1 amide bonds. The summed E-state index contributed by atoms with van der Waals surface area (Å²) in [5.41, 5.74) is 0.764. The number of hydrogen-bond donors (Lipinski definition) is 2. The zero-order chi connectivity index (χ0) is 21.1. The Morgan fingerprint density at radius 1 is 0.867 bits per heavy atom. The number of rotatable bonds is 5. The fourth-order valence-corrected chi connectivity index (χ4v) is 3.50. The second-order valence-corrected chi connectivity index (χ2v) is 7.29. The topological polar surface area (TPSA) is 54.3 Å². The zero-order valence-electron chi connectivity index (χ0n) is 15.4. The van der Waals surface area contributed by atoms with E-state index in [4.69, 9.17) is 4.42 Å². The summed E-state index contributed by atoms with van der Waals surface area (Å²) in [5, 5.41) is 3.59. The number of alkyl halides is 3. The second-order valence-electron chi connectivity index (χ2n) is 6.41. The fourth-order valence-electron chi connectivity index (χ4n) is 2.80. The molecule has 0 saturated heterocycles. The third-order valence-corrected chi connectivity index (χ3v) is 5.05. The lowest BCUT2D eigenvalue weighted by molar-refractivity contribution is -0.137. The highest BCUT2D eigenvalue weighted by Crippen LogP contribution is 2.32. The Morgan fingerprint density at radius 2 is 1.63 bits per heavy atom. The first-order valence-electron chi connectivity index (χ1n) is 8.89. The largest absolute Gasteiger partial charge is 0.451 e. The summed E-state index contributed by atoms with van der Waals surface area (Å²) >= 11 is 1.14. The molecule has 1 aromatic heterocycles. The molecular weight excluding hydrogens is 413 g/mol. The van der Waals surface area contributed by atoms with Gasteiger partial charge in [0, 0.05) is 21.7 Å². The SMILES string of the molecule is O=C(Nc1cccc(SNc2cccc(C(F)(F)F)c2)c1)c1cc2ccccc2o1. The molecule has 30 heavy (non-hydrogen) atoms. The van der Waals surface area contributed by atoms with Gasteiger partial charge in [0.15, 0.2) is 5.76 Å². The summed E-state index contributed by atoms with van der Waals surface area (Å²) in [7, 11) is 0. The van der Waals surface area contributed by atoms with Crippen LogP contribution < -0.4 is 10.0 Å². The van der Waals surface area contributed by atoms with Crippen molar-refractivity contribution in [2.24, 2.45) is 0 Å². The maximum absolute atomic E-state index is 12.8. The monoisotopic (exact) mass is 428 g/mol. The Balaban J connectivity index is 1.43. The molecule has 0 fully saturated rings. The summed E-state index contributed by atoms with van der Waals surface area (Å²) < 4.78 is 46.9. The van der Waals surface area contributed by atoms with Gasteiger partial charge in [-0.2, -0.15) is 13.2 Å². The summed E-state index contributed by atoms with van der Waals surface area (Å²) in [4.78, 5) is 13.2. The van der Waals surface area contributed by atoms with Gasteiger partial charge < -0.3 is 14.5 Å². The fraction of sp³-hybridized carbons (Fsp3) is 0.0455. The van der Waals surface area contributed by atoms with Crippen molar-refractivity contribution in [3.05, 3.63) is 90.2 Å². The number of carbonyl (C=O) groups is 1. The van der Waals surface area contributed by atoms with Crippen molar-refractivity contribution in [1.82, 2.24) is 0 Å². The zero-order valence-corrected chi connectivity index (χ0v) is 16.2. The molecular formula is C22H15F3N2O2S. The van der Waals surface area contributed by atoms with Crippen LogP contribution in [0.3, 0.4) is 0 Å². The maximum atomic E-state index is 12.8. The molecule has 0 bridgehead atoms. The second kappa shape index (κ2) is 8.16. The molecule has 0 aliphatic carbocycles. The van der Waals surface area contributed by atoms with Crippen molar-refractivity contribution in [3.8, 4) is 0 Å². The minimum absolute atomic E-state index is 0.191. The lowest BCUT2D eigenvalue weighted by atomic mass is 10.2. The van der Waals surface area contributed by atoms with Crippen molar-refractivity contribution in [2.75, 3.05) is 10.0 Å². The molecule has 4 aromatic rings. The molecule has 8 heteroatoms. The molecule has 0 aliphatic rings. The maximum Gasteiger partial charge on any atom is 0.416 e. The van der Waals surface area contributed by atoms with Crippen molar-refractivity contribution in [2.45, 2.75) is 11.1 Å². The van der Waals surface area contributed by atoms with E-state index in [1.165, 1.54) is 6.07 Å². The minimum Gasteiger partial charge on any atom is -0.451 e. The predicted molar refractivity (Wildman–Crippen MR) is 112 cm³/mol. The van der Waals surface area contributed by atoms with Gasteiger partial charge in [0.25, 0.3) is 5.91 Å². The molecule has 0 spiro atoms. The van der Waals surface area contributed by atoms with Crippen LogP contribution in [0.2, 0.25) is 0 Å². The Hall–Kier alpha value is -3.39. The number of anilines is 2. The highest BCUT2D eigenvalue weighted by Gasteiger charge is 2.30. The van der Waals surface area contributed by atoms with Gasteiger partial charge in [-0.25, -0.2) is 0 Å². The Morgan fingerprint density at radius 3 is 2.43 bits per heavy atom. The van der Waals surface area contributed by atoms with Gasteiger partial charge in [0.05, 0.1) is 5.56 Å². The first-order chi connectivity index (χ1) is 14.4. The Kier molecular flexibility index (Phi) is 5.41. The summed E-state index contributed by atoms with van der Waals surface area (Å²) in [6, 6.07) is 20.9. The average Bonchev–Trinajstić information content (AvgIpc) is 3.17. The lowest BCUT2D eigenvalue weighted by Crippen LogP contribution is -2.10. The van der Waals surface area contributed by atoms with Crippen LogP contribution in [0.15, 0.2) is 88.2 Å². The average molecular weight is 428 g/mol. The highest BCUT2D eigenvalue weighted by molar-refractivity contribution is 8.00. The van der Waals surface area contributed by atoms with Crippen molar-refractivity contribution < 1.29 is 22.4 Å². The molecule has 0 aliphatic heterocycles.